The fourth-order valence-corrected chi connectivity index (χ4v) is 3.58. The molecule has 30 heavy (non-hydrogen) atoms. The second-order valence-electron chi connectivity index (χ2n) is 7.21. The zero-order valence-corrected chi connectivity index (χ0v) is 16.6. The SMILES string of the molecule is CC(C(=O)N1CCN(c2ccc(F)cc2)CC1)n1nc(-c2cccnc2)ccc1=O. The van der Waals surface area contributed by atoms with Crippen molar-refractivity contribution < 1.29 is 9.18 Å². The first kappa shape index (κ1) is 19.8. The van der Waals surface area contributed by atoms with E-state index < -0.39 is 6.04 Å². The minimum Gasteiger partial charge on any atom is -0.368 e. The van der Waals surface area contributed by atoms with Gasteiger partial charge in [0.15, 0.2) is 0 Å². The van der Waals surface area contributed by atoms with Crippen LogP contribution in [-0.2, 0) is 4.79 Å². The second kappa shape index (κ2) is 8.44. The summed E-state index contributed by atoms with van der Waals surface area (Å²) in [5.41, 5.74) is 1.97. The van der Waals surface area contributed by atoms with Gasteiger partial charge < -0.3 is 9.80 Å². The molecule has 1 amide bonds. The Morgan fingerprint density at radius 3 is 2.43 bits per heavy atom. The van der Waals surface area contributed by atoms with Crippen LogP contribution in [0.4, 0.5) is 10.1 Å². The van der Waals surface area contributed by atoms with Crippen LogP contribution < -0.4 is 10.5 Å². The highest BCUT2D eigenvalue weighted by atomic mass is 19.1. The summed E-state index contributed by atoms with van der Waals surface area (Å²) in [7, 11) is 0. The van der Waals surface area contributed by atoms with E-state index in [-0.39, 0.29) is 17.3 Å². The number of amides is 1. The molecule has 0 saturated carbocycles. The molecule has 0 N–H and O–H groups in total. The molecule has 154 valence electrons. The molecule has 0 aliphatic carbocycles. The van der Waals surface area contributed by atoms with E-state index in [2.05, 4.69) is 15.0 Å². The summed E-state index contributed by atoms with van der Waals surface area (Å²) < 4.78 is 14.4. The number of carbonyl (C=O) groups excluding carboxylic acids is 1. The zero-order valence-electron chi connectivity index (χ0n) is 16.6. The number of nitrogens with zero attached hydrogens (tertiary/aromatic N) is 5. The molecule has 1 unspecified atom stereocenters. The van der Waals surface area contributed by atoms with Crippen molar-refractivity contribution in [2.75, 3.05) is 31.1 Å². The van der Waals surface area contributed by atoms with E-state index in [1.807, 2.05) is 6.07 Å². The van der Waals surface area contributed by atoms with Gasteiger partial charge in [0.2, 0.25) is 5.91 Å². The van der Waals surface area contributed by atoms with Gasteiger partial charge in [-0.05, 0) is 49.4 Å². The number of benzene rings is 1. The first-order valence-corrected chi connectivity index (χ1v) is 9.82. The standard InChI is InChI=1S/C22H22FN5O2/c1-16(28-21(29)9-8-20(25-28)17-3-2-10-24-15-17)22(30)27-13-11-26(12-14-27)19-6-4-18(23)5-7-19/h2-10,15-16H,11-14H2,1H3. The summed E-state index contributed by atoms with van der Waals surface area (Å²) >= 11 is 0. The van der Waals surface area contributed by atoms with Gasteiger partial charge in [-0.15, -0.1) is 0 Å². The van der Waals surface area contributed by atoms with Crippen molar-refractivity contribution in [2.45, 2.75) is 13.0 Å². The molecule has 8 heteroatoms. The lowest BCUT2D eigenvalue weighted by atomic mass is 10.2. The lowest BCUT2D eigenvalue weighted by Crippen LogP contribution is -2.51. The summed E-state index contributed by atoms with van der Waals surface area (Å²) in [6.07, 6.45) is 3.33. The Kier molecular flexibility index (Phi) is 5.56. The largest absolute Gasteiger partial charge is 0.368 e. The average molecular weight is 407 g/mol. The van der Waals surface area contributed by atoms with E-state index in [1.54, 1.807) is 48.5 Å². The van der Waals surface area contributed by atoms with Crippen molar-refractivity contribution in [3.8, 4) is 11.3 Å². The molecule has 1 aromatic carbocycles. The van der Waals surface area contributed by atoms with E-state index in [1.165, 1.54) is 22.9 Å². The van der Waals surface area contributed by atoms with E-state index in [9.17, 15) is 14.0 Å². The first-order valence-electron chi connectivity index (χ1n) is 9.82. The minimum atomic E-state index is -0.716. The van der Waals surface area contributed by atoms with E-state index in [0.29, 0.717) is 31.9 Å². The zero-order chi connectivity index (χ0) is 21.1. The van der Waals surface area contributed by atoms with Crippen molar-refractivity contribution in [2.24, 2.45) is 0 Å². The summed E-state index contributed by atoms with van der Waals surface area (Å²) in [4.78, 5) is 33.3. The predicted octanol–water partition coefficient (Wildman–Crippen LogP) is 2.35. The number of anilines is 1. The maximum Gasteiger partial charge on any atom is 0.267 e. The highest BCUT2D eigenvalue weighted by molar-refractivity contribution is 5.80. The van der Waals surface area contributed by atoms with Gasteiger partial charge >= 0.3 is 0 Å². The summed E-state index contributed by atoms with van der Waals surface area (Å²) in [6.45, 7) is 4.02. The monoisotopic (exact) mass is 407 g/mol. The Hall–Kier alpha value is -3.55. The number of rotatable bonds is 4. The summed E-state index contributed by atoms with van der Waals surface area (Å²) in [5, 5.41) is 4.40. The summed E-state index contributed by atoms with van der Waals surface area (Å²) in [5.74, 6) is -0.417. The third kappa shape index (κ3) is 4.07. The molecule has 0 spiro atoms. The fourth-order valence-electron chi connectivity index (χ4n) is 3.58. The molecule has 1 atom stereocenters. The number of hydrogen-bond acceptors (Lipinski definition) is 5. The van der Waals surface area contributed by atoms with Gasteiger partial charge in [-0.1, -0.05) is 0 Å². The van der Waals surface area contributed by atoms with Gasteiger partial charge in [0.05, 0.1) is 5.69 Å². The molecule has 1 aliphatic heterocycles. The Morgan fingerprint density at radius 1 is 1.03 bits per heavy atom. The number of piperazine rings is 1. The van der Waals surface area contributed by atoms with Crippen LogP contribution in [0.25, 0.3) is 11.3 Å². The maximum absolute atomic E-state index is 13.1. The topological polar surface area (TPSA) is 71.3 Å². The van der Waals surface area contributed by atoms with Crippen LogP contribution in [0.5, 0.6) is 0 Å². The van der Waals surface area contributed by atoms with Crippen molar-refractivity contribution in [3.05, 3.63) is 77.1 Å². The molecule has 1 saturated heterocycles. The van der Waals surface area contributed by atoms with E-state index in [0.717, 1.165) is 11.3 Å². The van der Waals surface area contributed by atoms with Gasteiger partial charge in [-0.2, -0.15) is 5.10 Å². The van der Waals surface area contributed by atoms with Crippen LogP contribution >= 0.6 is 0 Å². The van der Waals surface area contributed by atoms with Crippen molar-refractivity contribution in [1.29, 1.82) is 0 Å². The van der Waals surface area contributed by atoms with Crippen molar-refractivity contribution >= 4 is 11.6 Å². The highest BCUT2D eigenvalue weighted by Crippen LogP contribution is 2.19. The number of aromatic nitrogens is 3. The quantitative estimate of drug-likeness (QED) is 0.664. The van der Waals surface area contributed by atoms with Gasteiger partial charge in [0, 0.05) is 55.9 Å². The Balaban J connectivity index is 1.46. The fraction of sp³-hybridized carbons (Fsp3) is 0.273. The van der Waals surface area contributed by atoms with Crippen molar-refractivity contribution in [3.63, 3.8) is 0 Å². The first-order chi connectivity index (χ1) is 14.5. The van der Waals surface area contributed by atoms with Crippen LogP contribution in [0.15, 0.2) is 65.7 Å². The van der Waals surface area contributed by atoms with E-state index >= 15 is 0 Å². The molecular weight excluding hydrogens is 385 g/mol. The Bertz CT molecular complexity index is 1080. The molecule has 0 bridgehead atoms. The lowest BCUT2D eigenvalue weighted by molar-refractivity contribution is -0.135. The number of pyridine rings is 1. The van der Waals surface area contributed by atoms with Crippen LogP contribution in [0.3, 0.4) is 0 Å². The van der Waals surface area contributed by atoms with Crippen LogP contribution in [0.1, 0.15) is 13.0 Å². The van der Waals surface area contributed by atoms with Gasteiger partial charge in [-0.3, -0.25) is 14.6 Å². The molecule has 1 aliphatic rings. The Morgan fingerprint density at radius 2 is 1.77 bits per heavy atom. The molecule has 3 heterocycles. The van der Waals surface area contributed by atoms with Crippen molar-refractivity contribution in [1.82, 2.24) is 19.7 Å². The highest BCUT2D eigenvalue weighted by Gasteiger charge is 2.27. The van der Waals surface area contributed by atoms with Crippen LogP contribution in [0.2, 0.25) is 0 Å². The van der Waals surface area contributed by atoms with Gasteiger partial charge in [-0.25, -0.2) is 9.07 Å². The molecule has 7 nitrogen and oxygen atoms in total. The lowest BCUT2D eigenvalue weighted by Gasteiger charge is -2.37. The maximum atomic E-state index is 13.1. The van der Waals surface area contributed by atoms with Gasteiger partial charge in [0.1, 0.15) is 11.9 Å². The molecule has 3 aromatic rings. The van der Waals surface area contributed by atoms with Crippen LogP contribution in [-0.4, -0.2) is 51.8 Å². The molecule has 2 aromatic heterocycles. The minimum absolute atomic E-state index is 0.147. The number of hydrogen-bond donors (Lipinski definition) is 0. The number of carbonyl (C=O) groups is 1. The molecular formula is C22H22FN5O2. The summed E-state index contributed by atoms with van der Waals surface area (Å²) in [6, 6.07) is 12.3. The molecule has 1 fully saturated rings. The van der Waals surface area contributed by atoms with Gasteiger partial charge in [0.25, 0.3) is 5.56 Å². The normalized spacial score (nSPS) is 15.1. The van der Waals surface area contributed by atoms with Crippen LogP contribution in [0, 0.1) is 5.82 Å². The number of halogens is 1. The second-order valence-corrected chi connectivity index (χ2v) is 7.21. The molecule has 0 radical (unpaired) electrons. The smallest absolute Gasteiger partial charge is 0.267 e. The third-order valence-electron chi connectivity index (χ3n) is 5.29. The third-order valence-corrected chi connectivity index (χ3v) is 5.29. The predicted molar refractivity (Wildman–Crippen MR) is 112 cm³/mol. The Labute approximate surface area is 173 Å². The van der Waals surface area contributed by atoms with E-state index in [4.69, 9.17) is 0 Å². The molecule has 4 rings (SSSR count). The average Bonchev–Trinajstić information content (AvgIpc) is 2.80.